The highest BCUT2D eigenvalue weighted by Gasteiger charge is 2.29. The summed E-state index contributed by atoms with van der Waals surface area (Å²) < 4.78 is 10.9. The Labute approximate surface area is 108 Å². The van der Waals surface area contributed by atoms with Crippen LogP contribution in [-0.2, 0) is 11.2 Å². The Morgan fingerprint density at radius 2 is 2.18 bits per heavy atom. The van der Waals surface area contributed by atoms with Gasteiger partial charge in [0.1, 0.15) is 6.10 Å². The Balaban J connectivity index is 0.00000144. The maximum absolute atomic E-state index is 5.69. The van der Waals surface area contributed by atoms with E-state index in [9.17, 15) is 0 Å². The topological polar surface area (TPSA) is 74.2 Å². The first-order chi connectivity index (χ1) is 7.69. The Hall–Kier alpha value is -0.650. The molecule has 0 aromatic carbocycles. The molecule has 0 spiro atoms. The predicted octanol–water partition coefficient (Wildman–Crippen LogP) is 1.87. The van der Waals surface area contributed by atoms with Crippen molar-refractivity contribution in [1.82, 2.24) is 10.1 Å². The van der Waals surface area contributed by atoms with Crippen molar-refractivity contribution in [2.45, 2.75) is 45.3 Å². The van der Waals surface area contributed by atoms with E-state index in [1.165, 1.54) is 0 Å². The summed E-state index contributed by atoms with van der Waals surface area (Å²) >= 11 is 0. The first-order valence-corrected chi connectivity index (χ1v) is 5.87. The van der Waals surface area contributed by atoms with Crippen molar-refractivity contribution in [3.8, 4) is 0 Å². The molecular weight excluding hydrogens is 242 g/mol. The van der Waals surface area contributed by atoms with Crippen molar-refractivity contribution in [2.75, 3.05) is 6.54 Å². The molecule has 2 atom stereocenters. The summed E-state index contributed by atoms with van der Waals surface area (Å²) in [7, 11) is 0. The lowest BCUT2D eigenvalue weighted by Crippen LogP contribution is -2.18. The van der Waals surface area contributed by atoms with Gasteiger partial charge >= 0.3 is 0 Å². The summed E-state index contributed by atoms with van der Waals surface area (Å²) in [5.41, 5.74) is 5.55. The number of nitrogens with zero attached hydrogens (tertiary/aromatic N) is 2. The first-order valence-electron chi connectivity index (χ1n) is 5.87. The smallest absolute Gasteiger partial charge is 0.255 e. The monoisotopic (exact) mass is 261 g/mol. The van der Waals surface area contributed by atoms with E-state index in [0.717, 1.165) is 25.1 Å². The zero-order chi connectivity index (χ0) is 11.5. The third-order valence-electron chi connectivity index (χ3n) is 2.72. The number of nitrogens with two attached hydrogens (primary N) is 1. The zero-order valence-electron chi connectivity index (χ0n) is 10.3. The van der Waals surface area contributed by atoms with Gasteiger partial charge in [0.25, 0.3) is 5.89 Å². The number of hydrogen-bond acceptors (Lipinski definition) is 5. The highest BCUT2D eigenvalue weighted by molar-refractivity contribution is 5.85. The van der Waals surface area contributed by atoms with Gasteiger partial charge in [-0.1, -0.05) is 19.0 Å². The SMILES string of the molecule is CC(C)Cc1noc(C2CCC(CN)O2)n1.Cl. The van der Waals surface area contributed by atoms with E-state index in [4.69, 9.17) is 15.0 Å². The van der Waals surface area contributed by atoms with Crippen molar-refractivity contribution in [2.24, 2.45) is 11.7 Å². The molecule has 1 aromatic heterocycles. The van der Waals surface area contributed by atoms with E-state index in [2.05, 4.69) is 24.0 Å². The Morgan fingerprint density at radius 1 is 1.41 bits per heavy atom. The van der Waals surface area contributed by atoms with Gasteiger partial charge in [0.05, 0.1) is 6.10 Å². The minimum atomic E-state index is -0.0537. The predicted molar refractivity (Wildman–Crippen MR) is 66.0 cm³/mol. The Kier molecular flexibility index (Phi) is 5.36. The highest BCUT2D eigenvalue weighted by atomic mass is 35.5. The van der Waals surface area contributed by atoms with Crippen LogP contribution in [0.25, 0.3) is 0 Å². The molecule has 1 fully saturated rings. The van der Waals surface area contributed by atoms with Crippen LogP contribution in [0, 0.1) is 5.92 Å². The number of aromatic nitrogens is 2. The van der Waals surface area contributed by atoms with Crippen molar-refractivity contribution >= 4 is 12.4 Å². The molecule has 0 bridgehead atoms. The molecule has 1 aromatic rings. The molecule has 2 unspecified atom stereocenters. The summed E-state index contributed by atoms with van der Waals surface area (Å²) in [5, 5.41) is 3.95. The molecule has 1 aliphatic rings. The van der Waals surface area contributed by atoms with Crippen LogP contribution in [-0.4, -0.2) is 22.8 Å². The molecule has 0 aliphatic carbocycles. The maximum Gasteiger partial charge on any atom is 0.255 e. The van der Waals surface area contributed by atoms with Gasteiger partial charge < -0.3 is 15.0 Å². The summed E-state index contributed by atoms with van der Waals surface area (Å²) in [6, 6.07) is 0. The second kappa shape index (κ2) is 6.33. The highest BCUT2D eigenvalue weighted by Crippen LogP contribution is 2.31. The van der Waals surface area contributed by atoms with Gasteiger partial charge in [0.2, 0.25) is 0 Å². The molecule has 1 aliphatic heterocycles. The van der Waals surface area contributed by atoms with Gasteiger partial charge in [-0.2, -0.15) is 4.98 Å². The van der Waals surface area contributed by atoms with Crippen LogP contribution in [0.2, 0.25) is 0 Å². The fraction of sp³-hybridized carbons (Fsp3) is 0.818. The molecule has 5 nitrogen and oxygen atoms in total. The van der Waals surface area contributed by atoms with E-state index >= 15 is 0 Å². The molecule has 1 saturated heterocycles. The molecule has 0 amide bonds. The van der Waals surface area contributed by atoms with Gasteiger partial charge in [0.15, 0.2) is 5.82 Å². The number of hydrogen-bond donors (Lipinski definition) is 1. The van der Waals surface area contributed by atoms with Gasteiger partial charge in [-0.25, -0.2) is 0 Å². The molecule has 6 heteroatoms. The fourth-order valence-electron chi connectivity index (χ4n) is 1.91. The van der Waals surface area contributed by atoms with Crippen LogP contribution in [0.15, 0.2) is 4.52 Å². The third-order valence-corrected chi connectivity index (χ3v) is 2.72. The lowest BCUT2D eigenvalue weighted by Gasteiger charge is -2.07. The van der Waals surface area contributed by atoms with E-state index < -0.39 is 0 Å². The summed E-state index contributed by atoms with van der Waals surface area (Å²) in [6.45, 7) is 4.82. The van der Waals surface area contributed by atoms with Crippen LogP contribution < -0.4 is 5.73 Å². The fourth-order valence-corrected chi connectivity index (χ4v) is 1.91. The molecule has 2 heterocycles. The zero-order valence-corrected chi connectivity index (χ0v) is 11.1. The lowest BCUT2D eigenvalue weighted by molar-refractivity contribution is 0.0307. The van der Waals surface area contributed by atoms with Crippen molar-refractivity contribution in [3.05, 3.63) is 11.7 Å². The lowest BCUT2D eigenvalue weighted by atomic mass is 10.1. The summed E-state index contributed by atoms with van der Waals surface area (Å²) in [5.74, 6) is 1.91. The van der Waals surface area contributed by atoms with E-state index in [1.807, 2.05) is 0 Å². The van der Waals surface area contributed by atoms with Crippen LogP contribution in [0.1, 0.15) is 44.5 Å². The molecule has 0 saturated carbocycles. The second-order valence-electron chi connectivity index (χ2n) is 4.71. The van der Waals surface area contributed by atoms with Gasteiger partial charge in [-0.15, -0.1) is 12.4 Å². The number of rotatable bonds is 4. The van der Waals surface area contributed by atoms with Gasteiger partial charge in [0, 0.05) is 13.0 Å². The molecule has 2 rings (SSSR count). The minimum Gasteiger partial charge on any atom is -0.364 e. The molecule has 17 heavy (non-hydrogen) atoms. The molecule has 2 N–H and O–H groups in total. The van der Waals surface area contributed by atoms with Crippen LogP contribution >= 0.6 is 12.4 Å². The van der Waals surface area contributed by atoms with E-state index in [1.54, 1.807) is 0 Å². The molecular formula is C11H20ClN3O2. The largest absolute Gasteiger partial charge is 0.364 e. The van der Waals surface area contributed by atoms with Crippen LogP contribution in [0.3, 0.4) is 0 Å². The van der Waals surface area contributed by atoms with E-state index in [-0.39, 0.29) is 24.6 Å². The van der Waals surface area contributed by atoms with Gasteiger partial charge in [-0.3, -0.25) is 0 Å². The maximum atomic E-state index is 5.69. The molecule has 98 valence electrons. The second-order valence-corrected chi connectivity index (χ2v) is 4.71. The third kappa shape index (κ3) is 3.66. The van der Waals surface area contributed by atoms with Crippen molar-refractivity contribution < 1.29 is 9.26 Å². The number of ether oxygens (including phenoxy) is 1. The van der Waals surface area contributed by atoms with Crippen molar-refractivity contribution in [1.29, 1.82) is 0 Å². The quantitative estimate of drug-likeness (QED) is 0.896. The normalized spacial score (nSPS) is 24.0. The molecule has 0 radical (unpaired) electrons. The standard InChI is InChI=1S/C11H19N3O2.ClH/c1-7(2)5-10-13-11(16-14-10)9-4-3-8(6-12)15-9;/h7-9H,3-6,12H2,1-2H3;1H. The minimum absolute atomic E-state index is 0. The Morgan fingerprint density at radius 3 is 2.76 bits per heavy atom. The first kappa shape index (κ1) is 14.4. The van der Waals surface area contributed by atoms with E-state index in [0.29, 0.717) is 18.4 Å². The number of halogens is 1. The van der Waals surface area contributed by atoms with Crippen LogP contribution in [0.4, 0.5) is 0 Å². The average Bonchev–Trinajstić information content (AvgIpc) is 2.83. The average molecular weight is 262 g/mol. The van der Waals surface area contributed by atoms with Crippen molar-refractivity contribution in [3.63, 3.8) is 0 Å². The van der Waals surface area contributed by atoms with Crippen LogP contribution in [0.5, 0.6) is 0 Å². The summed E-state index contributed by atoms with van der Waals surface area (Å²) in [4.78, 5) is 4.36. The van der Waals surface area contributed by atoms with Gasteiger partial charge in [-0.05, 0) is 18.8 Å². The summed E-state index contributed by atoms with van der Waals surface area (Å²) in [6.07, 6.45) is 2.83. The Bertz CT molecular complexity index is 343.